The van der Waals surface area contributed by atoms with Gasteiger partial charge in [-0.2, -0.15) is 0 Å². The van der Waals surface area contributed by atoms with E-state index in [-0.39, 0.29) is 5.41 Å². The number of aryl methyl sites for hydroxylation is 2. The molecular weight excluding hydrogens is 726 g/mol. The summed E-state index contributed by atoms with van der Waals surface area (Å²) in [6.45, 7) is 12.1. The predicted octanol–water partition coefficient (Wildman–Crippen LogP) is 8.03. The van der Waals surface area contributed by atoms with Crippen LogP contribution in [0.5, 0.6) is 11.5 Å². The number of nitrogens with zero attached hydrogens (tertiary/aromatic N) is 5. The van der Waals surface area contributed by atoms with Crippen LogP contribution in [-0.2, 0) is 31.8 Å². The van der Waals surface area contributed by atoms with Gasteiger partial charge in [0.15, 0.2) is 0 Å². The molecule has 0 spiro atoms. The van der Waals surface area contributed by atoms with Crippen LogP contribution in [0.25, 0.3) is 16.7 Å². The van der Waals surface area contributed by atoms with Gasteiger partial charge in [-0.15, -0.1) is 0 Å². The molecule has 6 nitrogen and oxygen atoms in total. The molecule has 2 aliphatic rings. The Morgan fingerprint density at radius 3 is 2.45 bits per heavy atom. The van der Waals surface area contributed by atoms with E-state index in [0.717, 1.165) is 46.4 Å². The molecule has 4 heterocycles. The SMILES string of the molecule is Cc1ccnc(N2CC3CCN(C)CC3c3ccc(Oc4cc(-n5[c](=[Pt])n(C)c6ccccc65)cc(C(C)(C)C)c4)cc32)c1. The number of aromatic nitrogens is 3. The van der Waals surface area contributed by atoms with Crippen molar-refractivity contribution < 1.29 is 24.1 Å². The van der Waals surface area contributed by atoms with Crippen LogP contribution in [0.15, 0.2) is 79.0 Å². The van der Waals surface area contributed by atoms with E-state index in [1.165, 1.54) is 39.8 Å². The van der Waals surface area contributed by atoms with Crippen LogP contribution >= 0.6 is 0 Å². The number of piperidine rings is 1. The van der Waals surface area contributed by atoms with Crippen LogP contribution in [0, 0.1) is 16.6 Å². The van der Waals surface area contributed by atoms with Crippen LogP contribution < -0.4 is 9.64 Å². The number of rotatable bonds is 4. The molecule has 1 fully saturated rings. The predicted molar refractivity (Wildman–Crippen MR) is 175 cm³/mol. The van der Waals surface area contributed by atoms with Crippen molar-refractivity contribution in [3.8, 4) is 17.2 Å². The normalized spacial score (nSPS) is 18.8. The van der Waals surface area contributed by atoms with E-state index in [0.29, 0.717) is 11.8 Å². The molecule has 7 rings (SSSR count). The summed E-state index contributed by atoms with van der Waals surface area (Å²) >= 11 is 2.43. The molecule has 0 aliphatic carbocycles. The fourth-order valence-electron chi connectivity index (χ4n) is 6.94. The second kappa shape index (κ2) is 11.2. The summed E-state index contributed by atoms with van der Waals surface area (Å²) in [7, 11) is 4.37. The first kappa shape index (κ1) is 29.3. The summed E-state index contributed by atoms with van der Waals surface area (Å²) < 4.78 is 12.5. The molecule has 0 amide bonds. The van der Waals surface area contributed by atoms with Gasteiger partial charge in [0.05, 0.1) is 0 Å². The molecule has 44 heavy (non-hydrogen) atoms. The van der Waals surface area contributed by atoms with Gasteiger partial charge in [0.2, 0.25) is 0 Å². The van der Waals surface area contributed by atoms with Gasteiger partial charge in [-0.3, -0.25) is 0 Å². The van der Waals surface area contributed by atoms with Gasteiger partial charge < -0.3 is 4.90 Å². The zero-order valence-corrected chi connectivity index (χ0v) is 28.7. The Bertz CT molecular complexity index is 1930. The average Bonchev–Trinajstić information content (AvgIpc) is 3.25. The van der Waals surface area contributed by atoms with Crippen LogP contribution in [0.2, 0.25) is 0 Å². The van der Waals surface area contributed by atoms with Crippen molar-refractivity contribution in [1.82, 2.24) is 19.0 Å². The van der Waals surface area contributed by atoms with E-state index in [2.05, 4.69) is 153 Å². The standard InChI is InChI=1S/C37H41N5O.Pt/c1-25-13-15-38-36(17-25)41-22-26-14-16-39(5)23-32(26)31-12-11-29(21-35(31)41)43-30-19-27(37(2,3)4)18-28(20-30)42-24-40(6)33-9-7-8-10-34(33)42;/h7-13,15,17-21,26,32H,14,16,22-23H2,1-6H3;. The molecule has 5 aromatic rings. The molecule has 230 valence electrons. The number of hydrogen-bond acceptors (Lipinski definition) is 4. The Balaban J connectivity index is 1.33. The third-order valence-electron chi connectivity index (χ3n) is 9.41. The number of pyridine rings is 1. The number of ether oxygens (including phenoxy) is 1. The van der Waals surface area contributed by atoms with Crippen LogP contribution in [0.3, 0.4) is 0 Å². The number of likely N-dealkylation sites (N-methyl/N-ethyl adjacent to an activating group) is 1. The Morgan fingerprint density at radius 1 is 0.886 bits per heavy atom. The number of anilines is 2. The molecule has 1 saturated heterocycles. The first-order valence-electron chi connectivity index (χ1n) is 15.6. The number of para-hydroxylation sites is 2. The summed E-state index contributed by atoms with van der Waals surface area (Å²) in [5, 5.41) is 0. The van der Waals surface area contributed by atoms with Gasteiger partial charge in [-0.1, -0.05) is 0 Å². The number of benzene rings is 3. The average molecular weight is 767 g/mol. The summed E-state index contributed by atoms with van der Waals surface area (Å²) in [5.74, 6) is 3.83. The maximum atomic E-state index is 6.79. The number of fused-ring (bicyclic) bond motifs is 4. The summed E-state index contributed by atoms with van der Waals surface area (Å²) in [4.78, 5) is 9.71. The third kappa shape index (κ3) is 5.26. The van der Waals surface area contributed by atoms with Gasteiger partial charge in [0, 0.05) is 6.20 Å². The second-order valence-electron chi connectivity index (χ2n) is 13.6. The minimum atomic E-state index is -0.0452. The molecule has 0 N–H and O–H groups in total. The van der Waals surface area contributed by atoms with Crippen molar-refractivity contribution in [1.29, 1.82) is 0 Å². The minimum absolute atomic E-state index is 0.0452. The number of imidazole rings is 1. The topological polar surface area (TPSA) is 38.5 Å². The van der Waals surface area contributed by atoms with Crippen molar-refractivity contribution >= 4 is 22.5 Å². The van der Waals surface area contributed by atoms with Gasteiger partial charge in [-0.25, -0.2) is 0 Å². The van der Waals surface area contributed by atoms with Gasteiger partial charge in [0.1, 0.15) is 0 Å². The summed E-state index contributed by atoms with van der Waals surface area (Å²) in [6.07, 6.45) is 3.13. The fraction of sp³-hybridized carbons (Fsp3) is 0.351. The van der Waals surface area contributed by atoms with Crippen molar-refractivity contribution in [3.63, 3.8) is 0 Å². The zero-order chi connectivity index (χ0) is 30.7. The zero-order valence-electron chi connectivity index (χ0n) is 26.4. The quantitative estimate of drug-likeness (QED) is 0.186. The molecule has 7 heteroatoms. The summed E-state index contributed by atoms with van der Waals surface area (Å²) in [6, 6.07) is 26.2. The molecule has 0 bridgehead atoms. The van der Waals surface area contributed by atoms with E-state index in [1.54, 1.807) is 0 Å². The summed E-state index contributed by atoms with van der Waals surface area (Å²) in [5.41, 5.74) is 8.50. The number of likely N-dealkylation sites (tertiary alicyclic amines) is 1. The van der Waals surface area contributed by atoms with Crippen LogP contribution in [0.1, 0.15) is 49.8 Å². The molecule has 2 aromatic heterocycles. The van der Waals surface area contributed by atoms with E-state index < -0.39 is 0 Å². The number of hydrogen-bond donors (Lipinski definition) is 0. The Labute approximate surface area is 271 Å². The Morgan fingerprint density at radius 2 is 1.68 bits per heavy atom. The Kier molecular flexibility index (Phi) is 7.42. The molecule has 0 radical (unpaired) electrons. The van der Waals surface area contributed by atoms with Crippen molar-refractivity contribution in [2.45, 2.75) is 45.4 Å². The van der Waals surface area contributed by atoms with E-state index in [1.807, 2.05) is 6.20 Å². The van der Waals surface area contributed by atoms with Crippen molar-refractivity contribution in [2.75, 3.05) is 31.6 Å². The molecule has 0 saturated carbocycles. The first-order chi connectivity index (χ1) is 21.1. The molecule has 3 aromatic carbocycles. The first-order valence-corrected chi connectivity index (χ1v) is 16.7. The van der Waals surface area contributed by atoms with E-state index in [9.17, 15) is 0 Å². The maximum absolute atomic E-state index is 6.79. The third-order valence-corrected chi connectivity index (χ3v) is 10.7. The van der Waals surface area contributed by atoms with Gasteiger partial charge >= 0.3 is 223 Å². The molecule has 2 aliphatic heterocycles. The van der Waals surface area contributed by atoms with Crippen LogP contribution in [-0.4, -0.2) is 45.7 Å². The monoisotopic (exact) mass is 766 g/mol. The molecule has 2 unspecified atom stereocenters. The molecule has 2 atom stereocenters. The van der Waals surface area contributed by atoms with Crippen LogP contribution in [0.4, 0.5) is 11.5 Å². The van der Waals surface area contributed by atoms with Crippen molar-refractivity contribution in [3.05, 3.63) is 99.5 Å². The van der Waals surface area contributed by atoms with Gasteiger partial charge in [0.25, 0.3) is 0 Å². The molecular formula is C37H41N5OPt. The fourth-order valence-corrected chi connectivity index (χ4v) is 7.78. The van der Waals surface area contributed by atoms with Gasteiger partial charge in [-0.05, 0) is 38.6 Å². The van der Waals surface area contributed by atoms with Crippen molar-refractivity contribution in [2.24, 2.45) is 13.0 Å². The Hall–Kier alpha value is -3.47. The van der Waals surface area contributed by atoms with E-state index >= 15 is 0 Å². The second-order valence-corrected chi connectivity index (χ2v) is 14.6. The van der Waals surface area contributed by atoms with E-state index in [4.69, 9.17) is 9.72 Å².